The predicted molar refractivity (Wildman–Crippen MR) is 153 cm³/mol. The molecule has 2 fully saturated rings. The van der Waals surface area contributed by atoms with Gasteiger partial charge in [-0.1, -0.05) is 32.0 Å². The van der Waals surface area contributed by atoms with E-state index < -0.39 is 0 Å². The molecule has 0 amide bonds. The molecule has 3 aromatic heterocycles. The molecular weight excluding hydrogens is 515 g/mol. The summed E-state index contributed by atoms with van der Waals surface area (Å²) in [5, 5.41) is 20.6. The third-order valence-electron chi connectivity index (χ3n) is 7.75. The lowest BCUT2D eigenvalue weighted by molar-refractivity contribution is 0.260. The number of hydrogen-bond acceptors (Lipinski definition) is 7. The summed E-state index contributed by atoms with van der Waals surface area (Å²) in [6.07, 6.45) is 3.76. The van der Waals surface area contributed by atoms with E-state index in [1.54, 1.807) is 4.68 Å². The highest BCUT2D eigenvalue weighted by atomic mass is 32.1. The Balaban J connectivity index is 0.000000738. The molecule has 202 valence electrons. The average molecular weight is 547 g/mol. The Bertz CT molecular complexity index is 1620. The summed E-state index contributed by atoms with van der Waals surface area (Å²) in [5.74, 6) is 2.28. The van der Waals surface area contributed by atoms with Crippen LogP contribution in [0.15, 0.2) is 54.9 Å². The van der Waals surface area contributed by atoms with E-state index >= 15 is 0 Å². The van der Waals surface area contributed by atoms with Crippen LogP contribution in [0.4, 0.5) is 10.2 Å². The minimum absolute atomic E-state index is 0.292. The number of aromatic nitrogens is 5. The van der Waals surface area contributed by atoms with Crippen molar-refractivity contribution in [2.24, 2.45) is 24.8 Å². The summed E-state index contributed by atoms with van der Waals surface area (Å²) < 4.78 is 26.0. The Labute approximate surface area is 231 Å². The van der Waals surface area contributed by atoms with E-state index in [0.717, 1.165) is 57.7 Å². The molecule has 2 aliphatic rings. The molecule has 10 heteroatoms. The van der Waals surface area contributed by atoms with Crippen molar-refractivity contribution < 1.29 is 13.7 Å². The molecule has 3 atom stereocenters. The standard InChI is InChI=1S/C27H25FN6O.C2H6.OS/c1-15-4-3-5-18-26(19-8-16(28)9-24-22(19)11-32(2)30-24)31-34(27(15)18)17-6-7-25(29-10-17)33-12-20-21(13-33)23(20)14-35;2*1-2/h3-11,20-21,23,35H,12-14H2,1-2H3;1-2H3;/t20-,21?,23?;;/m1../s1. The Morgan fingerprint density at radius 2 is 1.79 bits per heavy atom. The Morgan fingerprint density at radius 1 is 1.05 bits per heavy atom. The maximum absolute atomic E-state index is 14.6. The Hall–Kier alpha value is -3.76. The minimum atomic E-state index is -0.334. The Kier molecular flexibility index (Phi) is 7.42. The number of aliphatic hydroxyl groups excluding tert-OH is 1. The molecule has 0 bridgehead atoms. The maximum atomic E-state index is 14.6. The highest BCUT2D eigenvalue weighted by Crippen LogP contribution is 2.51. The molecule has 1 saturated heterocycles. The molecule has 2 unspecified atom stereocenters. The monoisotopic (exact) mass is 546 g/mol. The van der Waals surface area contributed by atoms with Crippen molar-refractivity contribution in [3.8, 4) is 16.9 Å². The molecule has 1 aliphatic heterocycles. The molecule has 0 radical (unpaired) electrons. The lowest BCUT2D eigenvalue weighted by atomic mass is 10.0. The van der Waals surface area contributed by atoms with E-state index in [9.17, 15) is 9.50 Å². The van der Waals surface area contributed by atoms with Gasteiger partial charge in [-0.05, 0) is 48.4 Å². The van der Waals surface area contributed by atoms with Gasteiger partial charge < -0.3 is 10.0 Å². The molecule has 1 aliphatic carbocycles. The first kappa shape index (κ1) is 26.8. The third-order valence-corrected chi connectivity index (χ3v) is 7.75. The zero-order valence-electron chi connectivity index (χ0n) is 22.4. The zero-order valence-corrected chi connectivity index (χ0v) is 23.2. The fraction of sp³-hybridized carbons (Fsp3) is 0.345. The number of aliphatic hydroxyl groups is 1. The van der Waals surface area contributed by atoms with E-state index in [0.29, 0.717) is 29.9 Å². The summed E-state index contributed by atoms with van der Waals surface area (Å²) in [6.45, 7) is 8.26. The largest absolute Gasteiger partial charge is 0.396 e. The van der Waals surface area contributed by atoms with Gasteiger partial charge in [0.2, 0.25) is 0 Å². The summed E-state index contributed by atoms with van der Waals surface area (Å²) in [6, 6.07) is 13.2. The van der Waals surface area contributed by atoms with Crippen LogP contribution < -0.4 is 4.90 Å². The summed E-state index contributed by atoms with van der Waals surface area (Å²) >= 11 is 2.83. The van der Waals surface area contributed by atoms with E-state index in [2.05, 4.69) is 35.5 Å². The van der Waals surface area contributed by atoms with E-state index in [1.807, 2.05) is 62.2 Å². The first-order valence-electron chi connectivity index (χ1n) is 13.1. The van der Waals surface area contributed by atoms with Gasteiger partial charge >= 0.3 is 0 Å². The number of hydrogen-bond donors (Lipinski definition) is 1. The number of rotatable bonds is 4. The number of benzene rings is 2. The number of fused-ring (bicyclic) bond motifs is 3. The number of nitrogens with zero attached hydrogens (tertiary/aromatic N) is 6. The molecular formula is C29H31FN6O2S. The van der Waals surface area contributed by atoms with Crippen molar-refractivity contribution in [2.75, 3.05) is 24.6 Å². The fourth-order valence-electron chi connectivity index (χ4n) is 5.92. The molecule has 1 N–H and O–H groups in total. The number of aryl methyl sites for hydroxylation is 2. The molecule has 2 aromatic carbocycles. The number of piperidine rings is 1. The van der Waals surface area contributed by atoms with E-state index in [-0.39, 0.29) is 5.82 Å². The van der Waals surface area contributed by atoms with Crippen LogP contribution in [0.5, 0.6) is 0 Å². The van der Waals surface area contributed by atoms with Gasteiger partial charge in [0.05, 0.1) is 22.9 Å². The van der Waals surface area contributed by atoms with Gasteiger partial charge in [0.15, 0.2) is 12.5 Å². The molecule has 8 nitrogen and oxygen atoms in total. The van der Waals surface area contributed by atoms with Crippen LogP contribution in [0.3, 0.4) is 0 Å². The van der Waals surface area contributed by atoms with Crippen molar-refractivity contribution in [3.05, 3.63) is 66.2 Å². The second kappa shape index (κ2) is 10.8. The second-order valence-electron chi connectivity index (χ2n) is 9.87. The van der Waals surface area contributed by atoms with Gasteiger partial charge in [-0.15, -0.1) is 0 Å². The maximum Gasteiger partial charge on any atom is 0.197 e. The van der Waals surface area contributed by atoms with Crippen molar-refractivity contribution in [3.63, 3.8) is 0 Å². The predicted octanol–water partition coefficient (Wildman–Crippen LogP) is 4.79. The first-order valence-corrected chi connectivity index (χ1v) is 13.5. The van der Waals surface area contributed by atoms with E-state index in [1.165, 1.54) is 12.1 Å². The van der Waals surface area contributed by atoms with Crippen LogP contribution in [-0.2, 0) is 19.6 Å². The highest BCUT2D eigenvalue weighted by molar-refractivity contribution is 7.44. The molecule has 39 heavy (non-hydrogen) atoms. The Morgan fingerprint density at radius 3 is 2.46 bits per heavy atom. The second-order valence-corrected chi connectivity index (χ2v) is 9.87. The van der Waals surface area contributed by atoms with Gasteiger partial charge in [0, 0.05) is 55.3 Å². The van der Waals surface area contributed by atoms with Crippen LogP contribution >= 0.6 is 0 Å². The van der Waals surface area contributed by atoms with E-state index in [4.69, 9.17) is 14.3 Å². The number of halogens is 1. The van der Waals surface area contributed by atoms with Crippen LogP contribution in [0.1, 0.15) is 19.4 Å². The minimum Gasteiger partial charge on any atom is -0.396 e. The molecule has 0 spiro atoms. The van der Waals surface area contributed by atoms with Crippen LogP contribution in [-0.4, -0.2) is 53.6 Å². The lowest BCUT2D eigenvalue weighted by Crippen LogP contribution is -2.25. The number of para-hydroxylation sites is 1. The van der Waals surface area contributed by atoms with Gasteiger partial charge in [-0.2, -0.15) is 14.4 Å². The van der Waals surface area contributed by atoms with Gasteiger partial charge in [-0.3, -0.25) is 4.68 Å². The van der Waals surface area contributed by atoms with Crippen molar-refractivity contribution in [1.29, 1.82) is 0 Å². The molecule has 5 aromatic rings. The normalized spacial score (nSPS) is 19.3. The smallest absolute Gasteiger partial charge is 0.197 e. The highest BCUT2D eigenvalue weighted by Gasteiger charge is 2.55. The lowest BCUT2D eigenvalue weighted by Gasteiger charge is -2.20. The van der Waals surface area contributed by atoms with Crippen molar-refractivity contribution in [2.45, 2.75) is 20.8 Å². The van der Waals surface area contributed by atoms with Crippen LogP contribution in [0.2, 0.25) is 0 Å². The quantitative estimate of drug-likeness (QED) is 0.347. The topological polar surface area (TPSA) is 89.1 Å². The summed E-state index contributed by atoms with van der Waals surface area (Å²) in [4.78, 5) is 7.06. The van der Waals surface area contributed by atoms with Gasteiger partial charge in [0.25, 0.3) is 0 Å². The SMILES string of the molecule is CC.Cc1cccc2c(-c3cc(F)cc4nn(C)cc34)nn(-c3ccc(N4CC5C(CO)[C@@H]5C4)nc3)c12.O=S. The zero-order chi connectivity index (χ0) is 27.8. The first-order chi connectivity index (χ1) is 19.0. The van der Waals surface area contributed by atoms with Crippen LogP contribution in [0, 0.1) is 30.5 Å². The summed E-state index contributed by atoms with van der Waals surface area (Å²) in [5.41, 5.74) is 4.97. The van der Waals surface area contributed by atoms with Gasteiger partial charge in [-0.25, -0.2) is 14.1 Å². The average Bonchev–Trinajstić information content (AvgIpc) is 3.32. The third kappa shape index (κ3) is 4.57. The molecule has 1 saturated carbocycles. The van der Waals surface area contributed by atoms with Gasteiger partial charge in [0.1, 0.15) is 17.3 Å². The molecule has 4 heterocycles. The molecule has 7 rings (SSSR count). The number of pyridine rings is 1. The van der Waals surface area contributed by atoms with Crippen LogP contribution in [0.25, 0.3) is 38.8 Å². The summed E-state index contributed by atoms with van der Waals surface area (Å²) in [7, 11) is 1.84. The van der Waals surface area contributed by atoms with Crippen molar-refractivity contribution >= 4 is 40.2 Å². The number of anilines is 1. The van der Waals surface area contributed by atoms with Crippen molar-refractivity contribution in [1.82, 2.24) is 24.5 Å². The fourth-order valence-corrected chi connectivity index (χ4v) is 5.92.